The Bertz CT molecular complexity index is 442. The maximum absolute atomic E-state index is 5.98. The molecule has 1 saturated carbocycles. The van der Waals surface area contributed by atoms with E-state index >= 15 is 0 Å². The normalized spacial score (nSPS) is 17.9. The van der Waals surface area contributed by atoms with Crippen molar-refractivity contribution in [1.29, 1.82) is 0 Å². The van der Waals surface area contributed by atoms with Crippen LogP contribution in [0.1, 0.15) is 45.1 Å². The molecule has 0 aromatic heterocycles. The highest BCUT2D eigenvalue weighted by Crippen LogP contribution is 2.43. The van der Waals surface area contributed by atoms with Gasteiger partial charge in [0.05, 0.1) is 0 Å². The van der Waals surface area contributed by atoms with Crippen molar-refractivity contribution in [1.82, 2.24) is 0 Å². The fourth-order valence-electron chi connectivity index (χ4n) is 2.61. The summed E-state index contributed by atoms with van der Waals surface area (Å²) in [5.74, 6) is 0.535. The first-order valence-electron chi connectivity index (χ1n) is 7.33. The standard InChI is InChI=1S/C16H25N3/c1-3-13-7-5-8-14(11-13)19-15(17)18-12-16(4-2)9-6-10-16/h5,7-8,11H,3-4,6,9-10,12H2,1-2H3,(H3,17,18,19). The van der Waals surface area contributed by atoms with Crippen molar-refractivity contribution in [2.75, 3.05) is 11.9 Å². The highest BCUT2D eigenvalue weighted by atomic mass is 15.1. The van der Waals surface area contributed by atoms with E-state index in [1.807, 2.05) is 12.1 Å². The molecule has 0 radical (unpaired) electrons. The third-order valence-corrected chi connectivity index (χ3v) is 4.36. The number of guanidine groups is 1. The van der Waals surface area contributed by atoms with Gasteiger partial charge < -0.3 is 11.1 Å². The first kappa shape index (κ1) is 13.9. The summed E-state index contributed by atoms with van der Waals surface area (Å²) < 4.78 is 0. The van der Waals surface area contributed by atoms with Crippen molar-refractivity contribution < 1.29 is 0 Å². The minimum atomic E-state index is 0.428. The monoisotopic (exact) mass is 259 g/mol. The number of nitrogens with zero attached hydrogens (tertiary/aromatic N) is 1. The van der Waals surface area contributed by atoms with Crippen molar-refractivity contribution in [2.45, 2.75) is 46.0 Å². The van der Waals surface area contributed by atoms with E-state index in [1.165, 1.54) is 31.2 Å². The summed E-state index contributed by atoms with van der Waals surface area (Å²) in [5.41, 5.74) is 8.74. The molecule has 0 bridgehead atoms. The Hall–Kier alpha value is -1.51. The zero-order valence-electron chi connectivity index (χ0n) is 12.1. The smallest absolute Gasteiger partial charge is 0.193 e. The zero-order chi connectivity index (χ0) is 13.7. The second-order valence-electron chi connectivity index (χ2n) is 5.59. The number of nitrogens with one attached hydrogen (secondary N) is 1. The van der Waals surface area contributed by atoms with Crippen molar-refractivity contribution in [3.05, 3.63) is 29.8 Å². The molecule has 0 spiro atoms. The van der Waals surface area contributed by atoms with E-state index < -0.39 is 0 Å². The van der Waals surface area contributed by atoms with Gasteiger partial charge in [-0.15, -0.1) is 0 Å². The van der Waals surface area contributed by atoms with E-state index in [2.05, 4.69) is 36.3 Å². The van der Waals surface area contributed by atoms with Gasteiger partial charge in [-0.3, -0.25) is 4.99 Å². The molecule has 0 unspecified atom stereocenters. The molecule has 0 aliphatic heterocycles. The number of rotatable bonds is 5. The molecule has 0 atom stereocenters. The summed E-state index contributed by atoms with van der Waals surface area (Å²) in [4.78, 5) is 4.52. The first-order chi connectivity index (χ1) is 9.17. The van der Waals surface area contributed by atoms with Crippen LogP contribution >= 0.6 is 0 Å². The minimum absolute atomic E-state index is 0.428. The third kappa shape index (κ3) is 3.49. The molecule has 1 aliphatic carbocycles. The second kappa shape index (κ2) is 6.09. The van der Waals surface area contributed by atoms with E-state index in [4.69, 9.17) is 5.73 Å². The molecule has 1 fully saturated rings. The van der Waals surface area contributed by atoms with Gasteiger partial charge in [-0.25, -0.2) is 0 Å². The van der Waals surface area contributed by atoms with E-state index in [1.54, 1.807) is 0 Å². The van der Waals surface area contributed by atoms with Gasteiger partial charge in [0.15, 0.2) is 5.96 Å². The van der Waals surface area contributed by atoms with Crippen LogP contribution in [0.3, 0.4) is 0 Å². The van der Waals surface area contributed by atoms with Crippen molar-refractivity contribution >= 4 is 11.6 Å². The Kier molecular flexibility index (Phi) is 4.46. The van der Waals surface area contributed by atoms with Gasteiger partial charge in [0.2, 0.25) is 0 Å². The lowest BCUT2D eigenvalue weighted by Crippen LogP contribution is -2.33. The Morgan fingerprint density at radius 1 is 1.37 bits per heavy atom. The van der Waals surface area contributed by atoms with Crippen molar-refractivity contribution in [2.24, 2.45) is 16.1 Å². The molecule has 0 heterocycles. The number of hydrogen-bond donors (Lipinski definition) is 2. The van der Waals surface area contributed by atoms with Gasteiger partial charge in [-0.05, 0) is 48.8 Å². The van der Waals surface area contributed by atoms with Crippen LogP contribution in [0.2, 0.25) is 0 Å². The van der Waals surface area contributed by atoms with Crippen LogP contribution in [-0.4, -0.2) is 12.5 Å². The van der Waals surface area contributed by atoms with Crippen LogP contribution in [0.5, 0.6) is 0 Å². The van der Waals surface area contributed by atoms with Gasteiger partial charge in [0, 0.05) is 12.2 Å². The summed E-state index contributed by atoms with van der Waals surface area (Å²) in [5, 5.41) is 3.19. The zero-order valence-corrected chi connectivity index (χ0v) is 12.1. The predicted octanol–water partition coefficient (Wildman–Crippen LogP) is 3.56. The molecule has 1 aromatic carbocycles. The largest absolute Gasteiger partial charge is 0.370 e. The van der Waals surface area contributed by atoms with E-state index in [-0.39, 0.29) is 0 Å². The lowest BCUT2D eigenvalue weighted by Gasteiger charge is -2.40. The number of nitrogens with two attached hydrogens (primary N) is 1. The Labute approximate surface area is 116 Å². The Morgan fingerprint density at radius 2 is 2.16 bits per heavy atom. The molecular formula is C16H25N3. The molecule has 0 saturated heterocycles. The number of aliphatic imine (C=N–C) groups is 1. The lowest BCUT2D eigenvalue weighted by molar-refractivity contribution is 0.139. The maximum Gasteiger partial charge on any atom is 0.193 e. The highest BCUT2D eigenvalue weighted by Gasteiger charge is 2.34. The summed E-state index contributed by atoms with van der Waals surface area (Å²) >= 11 is 0. The molecule has 104 valence electrons. The van der Waals surface area contributed by atoms with Gasteiger partial charge in [0.25, 0.3) is 0 Å². The van der Waals surface area contributed by atoms with Crippen LogP contribution in [0.15, 0.2) is 29.3 Å². The lowest BCUT2D eigenvalue weighted by atomic mass is 9.67. The van der Waals surface area contributed by atoms with Gasteiger partial charge in [-0.2, -0.15) is 0 Å². The molecule has 3 N–H and O–H groups in total. The average Bonchev–Trinajstić information content (AvgIpc) is 2.38. The average molecular weight is 259 g/mol. The van der Waals surface area contributed by atoms with Crippen LogP contribution in [-0.2, 0) is 6.42 Å². The quantitative estimate of drug-likeness (QED) is 0.627. The van der Waals surface area contributed by atoms with Gasteiger partial charge >= 0.3 is 0 Å². The second-order valence-corrected chi connectivity index (χ2v) is 5.59. The minimum Gasteiger partial charge on any atom is -0.370 e. The molecular weight excluding hydrogens is 234 g/mol. The summed E-state index contributed by atoms with van der Waals surface area (Å²) in [6.45, 7) is 5.26. The van der Waals surface area contributed by atoms with Crippen molar-refractivity contribution in [3.8, 4) is 0 Å². The molecule has 2 rings (SSSR count). The van der Waals surface area contributed by atoms with E-state index in [0.29, 0.717) is 11.4 Å². The predicted molar refractivity (Wildman–Crippen MR) is 82.5 cm³/mol. The number of anilines is 1. The fourth-order valence-corrected chi connectivity index (χ4v) is 2.61. The number of benzene rings is 1. The third-order valence-electron chi connectivity index (χ3n) is 4.36. The molecule has 1 aromatic rings. The maximum atomic E-state index is 5.98. The Morgan fingerprint density at radius 3 is 2.74 bits per heavy atom. The van der Waals surface area contributed by atoms with E-state index in [9.17, 15) is 0 Å². The summed E-state index contributed by atoms with van der Waals surface area (Å²) in [6, 6.07) is 8.33. The van der Waals surface area contributed by atoms with Crippen LogP contribution < -0.4 is 11.1 Å². The highest BCUT2D eigenvalue weighted by molar-refractivity contribution is 5.92. The number of hydrogen-bond acceptors (Lipinski definition) is 1. The van der Waals surface area contributed by atoms with Crippen LogP contribution in [0.25, 0.3) is 0 Å². The molecule has 3 nitrogen and oxygen atoms in total. The fraction of sp³-hybridized carbons (Fsp3) is 0.562. The Balaban J connectivity index is 1.94. The summed E-state index contributed by atoms with van der Waals surface area (Å²) in [7, 11) is 0. The molecule has 19 heavy (non-hydrogen) atoms. The number of aryl methyl sites for hydroxylation is 1. The van der Waals surface area contributed by atoms with Crippen LogP contribution in [0.4, 0.5) is 5.69 Å². The molecule has 1 aliphatic rings. The van der Waals surface area contributed by atoms with Gasteiger partial charge in [0.1, 0.15) is 0 Å². The molecule has 0 amide bonds. The van der Waals surface area contributed by atoms with E-state index in [0.717, 1.165) is 18.7 Å². The van der Waals surface area contributed by atoms with Crippen LogP contribution in [0, 0.1) is 5.41 Å². The summed E-state index contributed by atoms with van der Waals surface area (Å²) in [6.07, 6.45) is 6.17. The van der Waals surface area contributed by atoms with Gasteiger partial charge in [-0.1, -0.05) is 32.4 Å². The van der Waals surface area contributed by atoms with Crippen molar-refractivity contribution in [3.63, 3.8) is 0 Å². The topological polar surface area (TPSA) is 50.4 Å². The SMILES string of the molecule is CCc1cccc(NC(N)=NCC2(CC)CCC2)c1. The molecule has 3 heteroatoms. The first-order valence-corrected chi connectivity index (χ1v) is 7.33.